The van der Waals surface area contributed by atoms with Gasteiger partial charge >= 0.3 is 6.09 Å². The first-order valence-electron chi connectivity index (χ1n) is 5.75. The zero-order valence-electron chi connectivity index (χ0n) is 10.4. The van der Waals surface area contributed by atoms with Crippen LogP contribution in [0.1, 0.15) is 13.8 Å². The Morgan fingerprint density at radius 2 is 2.50 bits per heavy atom. The van der Waals surface area contributed by atoms with Crippen LogP contribution in [-0.4, -0.2) is 45.5 Å². The molecule has 0 spiro atoms. The summed E-state index contributed by atoms with van der Waals surface area (Å²) in [5.41, 5.74) is 0. The van der Waals surface area contributed by atoms with Crippen LogP contribution in [0.4, 0.5) is 4.79 Å². The van der Waals surface area contributed by atoms with Crippen LogP contribution in [-0.2, 0) is 16.0 Å². The van der Waals surface area contributed by atoms with Crippen LogP contribution in [0.5, 0.6) is 0 Å². The molecule has 0 unspecified atom stereocenters. The number of nitrogens with zero attached hydrogens (tertiary/aromatic N) is 2. The van der Waals surface area contributed by atoms with Crippen molar-refractivity contribution in [3.8, 4) is 0 Å². The number of rotatable bonds is 4. The van der Waals surface area contributed by atoms with Crippen LogP contribution in [0.3, 0.4) is 0 Å². The lowest BCUT2D eigenvalue weighted by atomic mass is 10.1. The predicted molar refractivity (Wildman–Crippen MR) is 62.1 cm³/mol. The van der Waals surface area contributed by atoms with E-state index >= 15 is 0 Å². The predicted octanol–water partition coefficient (Wildman–Crippen LogP) is 0.671. The molecule has 2 heterocycles. The first kappa shape index (κ1) is 12.8. The molecule has 1 aromatic rings. The van der Waals surface area contributed by atoms with Crippen molar-refractivity contribution in [1.82, 2.24) is 15.1 Å². The van der Waals surface area contributed by atoms with Crippen LogP contribution < -0.4 is 5.32 Å². The number of carbonyl (C=O) groups is 1. The summed E-state index contributed by atoms with van der Waals surface area (Å²) in [6, 6.07) is 1.39. The van der Waals surface area contributed by atoms with E-state index in [0.717, 1.165) is 0 Å². The molecule has 1 fully saturated rings. The summed E-state index contributed by atoms with van der Waals surface area (Å²) in [5.74, 6) is -0.673. The molecule has 0 bridgehead atoms. The van der Waals surface area contributed by atoms with Crippen molar-refractivity contribution in [2.45, 2.75) is 38.3 Å². The largest absolute Gasteiger partial charge is 0.465 e. The second kappa shape index (κ2) is 4.95. The SMILES string of the molecule is CC1(C)OC[C@H]([C@@H](Cn2cccn2)NC(=O)O)O1. The molecule has 0 aliphatic carbocycles. The van der Waals surface area contributed by atoms with Gasteiger partial charge in [-0.25, -0.2) is 4.79 Å². The summed E-state index contributed by atoms with van der Waals surface area (Å²) in [7, 11) is 0. The Hall–Kier alpha value is -1.60. The Balaban J connectivity index is 2.03. The highest BCUT2D eigenvalue weighted by Gasteiger charge is 2.38. The average Bonchev–Trinajstić information content (AvgIpc) is 2.86. The van der Waals surface area contributed by atoms with Crippen molar-refractivity contribution in [3.63, 3.8) is 0 Å². The molecule has 0 aromatic carbocycles. The highest BCUT2D eigenvalue weighted by Crippen LogP contribution is 2.24. The molecule has 7 nitrogen and oxygen atoms in total. The molecule has 1 aliphatic rings. The number of ether oxygens (including phenoxy) is 2. The second-order valence-corrected chi connectivity index (χ2v) is 4.65. The Morgan fingerprint density at radius 1 is 1.72 bits per heavy atom. The summed E-state index contributed by atoms with van der Waals surface area (Å²) in [4.78, 5) is 10.8. The van der Waals surface area contributed by atoms with Gasteiger partial charge in [-0.1, -0.05) is 0 Å². The van der Waals surface area contributed by atoms with Gasteiger partial charge in [0.1, 0.15) is 6.10 Å². The lowest BCUT2D eigenvalue weighted by molar-refractivity contribution is -0.142. The van der Waals surface area contributed by atoms with Gasteiger partial charge in [0.25, 0.3) is 0 Å². The molecule has 0 saturated carbocycles. The zero-order chi connectivity index (χ0) is 13.2. The number of hydrogen-bond acceptors (Lipinski definition) is 4. The number of aromatic nitrogens is 2. The van der Waals surface area contributed by atoms with Crippen LogP contribution in [0.2, 0.25) is 0 Å². The van der Waals surface area contributed by atoms with Crippen molar-refractivity contribution in [1.29, 1.82) is 0 Å². The van der Waals surface area contributed by atoms with Gasteiger partial charge in [-0.15, -0.1) is 0 Å². The Labute approximate surface area is 105 Å². The van der Waals surface area contributed by atoms with Crippen molar-refractivity contribution < 1.29 is 19.4 Å². The molecular weight excluding hydrogens is 238 g/mol. The van der Waals surface area contributed by atoms with Gasteiger partial charge in [-0.2, -0.15) is 5.10 Å². The minimum Gasteiger partial charge on any atom is -0.465 e. The lowest BCUT2D eigenvalue weighted by Crippen LogP contribution is -2.47. The van der Waals surface area contributed by atoms with E-state index in [1.165, 1.54) is 0 Å². The molecule has 2 rings (SSSR count). The number of hydrogen-bond donors (Lipinski definition) is 2. The maximum Gasteiger partial charge on any atom is 0.405 e. The van der Waals surface area contributed by atoms with Crippen molar-refractivity contribution >= 4 is 6.09 Å². The fourth-order valence-corrected chi connectivity index (χ4v) is 1.94. The summed E-state index contributed by atoms with van der Waals surface area (Å²) in [5, 5.41) is 15.4. The summed E-state index contributed by atoms with van der Waals surface area (Å²) in [6.07, 6.45) is 2.02. The normalized spacial score (nSPS) is 23.8. The Morgan fingerprint density at radius 3 is 3.00 bits per heavy atom. The van der Waals surface area contributed by atoms with Gasteiger partial charge in [-0.05, 0) is 19.9 Å². The molecule has 2 N–H and O–H groups in total. The van der Waals surface area contributed by atoms with E-state index in [9.17, 15) is 4.79 Å². The van der Waals surface area contributed by atoms with Gasteiger partial charge < -0.3 is 19.9 Å². The third-order valence-electron chi connectivity index (χ3n) is 2.73. The monoisotopic (exact) mass is 255 g/mol. The van der Waals surface area contributed by atoms with E-state index in [4.69, 9.17) is 14.6 Å². The van der Waals surface area contributed by atoms with Crippen molar-refractivity contribution in [2.24, 2.45) is 0 Å². The van der Waals surface area contributed by atoms with Crippen LogP contribution in [0.25, 0.3) is 0 Å². The molecule has 0 radical (unpaired) electrons. The minimum absolute atomic E-state index is 0.319. The standard InChI is InChI=1S/C11H17N3O4/c1-11(2)17-7-9(18-11)8(13-10(15)16)6-14-5-3-4-12-14/h3-5,8-9,13H,6-7H2,1-2H3,(H,15,16)/t8-,9-/m1/s1. The molecule has 1 saturated heterocycles. The average molecular weight is 255 g/mol. The first-order valence-corrected chi connectivity index (χ1v) is 5.75. The molecule has 1 amide bonds. The highest BCUT2D eigenvalue weighted by atomic mass is 16.7. The minimum atomic E-state index is -1.08. The summed E-state index contributed by atoms with van der Waals surface area (Å²) < 4.78 is 12.8. The van der Waals surface area contributed by atoms with E-state index in [2.05, 4.69) is 10.4 Å². The number of nitrogens with one attached hydrogen (secondary N) is 1. The molecule has 18 heavy (non-hydrogen) atoms. The quantitative estimate of drug-likeness (QED) is 0.826. The van der Waals surface area contributed by atoms with Gasteiger partial charge in [0.05, 0.1) is 19.2 Å². The van der Waals surface area contributed by atoms with Gasteiger partial charge in [0, 0.05) is 12.4 Å². The van der Waals surface area contributed by atoms with Crippen LogP contribution in [0.15, 0.2) is 18.5 Å². The molecule has 100 valence electrons. The number of carboxylic acid groups (broad SMARTS) is 1. The molecule has 1 aliphatic heterocycles. The van der Waals surface area contributed by atoms with Gasteiger partial charge in [0.15, 0.2) is 5.79 Å². The Bertz CT molecular complexity index is 404. The number of amides is 1. The maximum absolute atomic E-state index is 10.8. The lowest BCUT2D eigenvalue weighted by Gasteiger charge is -2.24. The van der Waals surface area contributed by atoms with E-state index in [1.807, 2.05) is 0 Å². The smallest absolute Gasteiger partial charge is 0.405 e. The van der Waals surface area contributed by atoms with Gasteiger partial charge in [-0.3, -0.25) is 4.68 Å². The van der Waals surface area contributed by atoms with Crippen LogP contribution >= 0.6 is 0 Å². The summed E-state index contributed by atoms with van der Waals surface area (Å²) in [6.45, 7) is 4.38. The fourth-order valence-electron chi connectivity index (χ4n) is 1.94. The van der Waals surface area contributed by atoms with Crippen molar-refractivity contribution in [3.05, 3.63) is 18.5 Å². The Kier molecular flexibility index (Phi) is 3.53. The molecule has 7 heteroatoms. The second-order valence-electron chi connectivity index (χ2n) is 4.65. The van der Waals surface area contributed by atoms with E-state index in [0.29, 0.717) is 13.2 Å². The van der Waals surface area contributed by atoms with Crippen molar-refractivity contribution in [2.75, 3.05) is 6.61 Å². The fraction of sp³-hybridized carbons (Fsp3) is 0.636. The topological polar surface area (TPSA) is 85.6 Å². The molecule has 1 aromatic heterocycles. The van der Waals surface area contributed by atoms with E-state index in [-0.39, 0.29) is 6.10 Å². The highest BCUT2D eigenvalue weighted by molar-refractivity contribution is 5.64. The molecular formula is C11H17N3O4. The van der Waals surface area contributed by atoms with E-state index < -0.39 is 17.9 Å². The van der Waals surface area contributed by atoms with Crippen LogP contribution in [0, 0.1) is 0 Å². The molecule has 2 atom stereocenters. The zero-order valence-corrected chi connectivity index (χ0v) is 10.4. The third kappa shape index (κ3) is 3.21. The summed E-state index contributed by atoms with van der Waals surface area (Å²) >= 11 is 0. The maximum atomic E-state index is 10.8. The first-order chi connectivity index (χ1) is 8.46. The van der Waals surface area contributed by atoms with Gasteiger partial charge in [0.2, 0.25) is 0 Å². The third-order valence-corrected chi connectivity index (χ3v) is 2.73. The van der Waals surface area contributed by atoms with E-state index in [1.54, 1.807) is 37.0 Å².